The zero-order valence-electron chi connectivity index (χ0n) is 15.1. The van der Waals surface area contributed by atoms with Crippen LogP contribution in [-0.4, -0.2) is 32.8 Å². The Bertz CT molecular complexity index is 844. The summed E-state index contributed by atoms with van der Waals surface area (Å²) in [6, 6.07) is 16.3. The summed E-state index contributed by atoms with van der Waals surface area (Å²) >= 11 is 0. The Hall–Kier alpha value is -2.44. The second-order valence-corrected chi connectivity index (χ2v) is 7.74. The fourth-order valence-corrected chi connectivity index (χ4v) is 3.22. The van der Waals surface area contributed by atoms with Gasteiger partial charge in [0.25, 0.3) is 0 Å². The van der Waals surface area contributed by atoms with Crippen molar-refractivity contribution in [3.05, 3.63) is 71.8 Å². The van der Waals surface area contributed by atoms with E-state index in [-0.39, 0.29) is 10.8 Å². The van der Waals surface area contributed by atoms with Crippen molar-refractivity contribution in [1.82, 2.24) is 9.62 Å². The van der Waals surface area contributed by atoms with Gasteiger partial charge in [-0.1, -0.05) is 49.4 Å². The lowest BCUT2D eigenvalue weighted by molar-refractivity contribution is -0.126. The first kappa shape index (κ1) is 19.9. The lowest BCUT2D eigenvalue weighted by Crippen LogP contribution is -2.29. The van der Waals surface area contributed by atoms with Crippen molar-refractivity contribution < 1.29 is 13.2 Å². The zero-order valence-corrected chi connectivity index (χ0v) is 15.9. The molecule has 0 aliphatic carbocycles. The van der Waals surface area contributed by atoms with E-state index in [2.05, 4.69) is 4.72 Å². The van der Waals surface area contributed by atoms with Crippen LogP contribution in [-0.2, 0) is 21.4 Å². The molecular weight excluding hydrogens is 348 g/mol. The molecule has 138 valence electrons. The smallest absolute Gasteiger partial charge is 0.246 e. The number of carbonyl (C=O) groups is 1. The van der Waals surface area contributed by atoms with E-state index >= 15 is 0 Å². The van der Waals surface area contributed by atoms with E-state index in [9.17, 15) is 13.2 Å². The van der Waals surface area contributed by atoms with E-state index in [0.29, 0.717) is 13.1 Å². The number of hydrogen-bond donors (Lipinski definition) is 1. The lowest BCUT2D eigenvalue weighted by atomic mass is 10.2. The van der Waals surface area contributed by atoms with E-state index in [0.717, 1.165) is 17.5 Å². The average molecular weight is 372 g/mol. The summed E-state index contributed by atoms with van der Waals surface area (Å²) in [5.41, 5.74) is 1.86. The topological polar surface area (TPSA) is 66.5 Å². The van der Waals surface area contributed by atoms with Gasteiger partial charge in [0, 0.05) is 19.2 Å². The number of sulfonamides is 1. The van der Waals surface area contributed by atoms with Crippen molar-refractivity contribution in [2.24, 2.45) is 0 Å². The summed E-state index contributed by atoms with van der Waals surface area (Å²) in [6.07, 6.45) is 4.11. The minimum absolute atomic E-state index is 0.0670. The molecular formula is C20H24N2O3S. The van der Waals surface area contributed by atoms with E-state index in [1.165, 1.54) is 25.3 Å². The van der Waals surface area contributed by atoms with Crippen LogP contribution in [0.5, 0.6) is 0 Å². The summed E-state index contributed by atoms with van der Waals surface area (Å²) in [7, 11) is -2.08. The SMILES string of the molecule is CCCN(Cc1ccccc1)C(=O)/C=C/c1ccc(S(=O)(=O)NC)cc1. The standard InChI is InChI=1S/C20H24N2O3S/c1-3-15-22(16-18-7-5-4-6-8-18)20(23)14-11-17-9-12-19(13-10-17)26(24,25)21-2/h4-14,21H,3,15-16H2,1-2H3/b14-11+. The van der Waals surface area contributed by atoms with Gasteiger partial charge in [-0.2, -0.15) is 0 Å². The predicted octanol–water partition coefficient (Wildman–Crippen LogP) is 3.05. The van der Waals surface area contributed by atoms with Gasteiger partial charge in [0.05, 0.1) is 4.90 Å². The molecule has 0 radical (unpaired) electrons. The summed E-state index contributed by atoms with van der Waals surface area (Å²) in [5.74, 6) is -0.0670. The van der Waals surface area contributed by atoms with E-state index in [1.807, 2.05) is 37.3 Å². The van der Waals surface area contributed by atoms with Crippen LogP contribution in [0, 0.1) is 0 Å². The highest BCUT2D eigenvalue weighted by atomic mass is 32.2. The second kappa shape index (κ2) is 9.31. The molecule has 1 N–H and O–H groups in total. The largest absolute Gasteiger partial charge is 0.335 e. The Balaban J connectivity index is 2.08. The molecule has 0 heterocycles. The van der Waals surface area contributed by atoms with Crippen LogP contribution in [0.4, 0.5) is 0 Å². The molecule has 0 unspecified atom stereocenters. The summed E-state index contributed by atoms with van der Waals surface area (Å²) in [5, 5.41) is 0. The van der Waals surface area contributed by atoms with E-state index in [4.69, 9.17) is 0 Å². The molecule has 26 heavy (non-hydrogen) atoms. The minimum atomic E-state index is -3.45. The molecule has 2 aromatic carbocycles. The number of carbonyl (C=O) groups excluding carboxylic acids is 1. The third kappa shape index (κ3) is 5.54. The second-order valence-electron chi connectivity index (χ2n) is 5.86. The summed E-state index contributed by atoms with van der Waals surface area (Å²) in [4.78, 5) is 14.5. The molecule has 5 nitrogen and oxygen atoms in total. The molecule has 2 rings (SSSR count). The van der Waals surface area contributed by atoms with Crippen molar-refractivity contribution in [3.63, 3.8) is 0 Å². The van der Waals surface area contributed by atoms with Crippen LogP contribution in [0.3, 0.4) is 0 Å². The molecule has 6 heteroatoms. The first-order valence-electron chi connectivity index (χ1n) is 8.51. The highest BCUT2D eigenvalue weighted by molar-refractivity contribution is 7.89. The van der Waals surface area contributed by atoms with Crippen LogP contribution in [0.2, 0.25) is 0 Å². The van der Waals surface area contributed by atoms with E-state index in [1.54, 1.807) is 23.1 Å². The summed E-state index contributed by atoms with van der Waals surface area (Å²) < 4.78 is 25.7. The lowest BCUT2D eigenvalue weighted by Gasteiger charge is -2.20. The van der Waals surface area contributed by atoms with Crippen molar-refractivity contribution in [2.75, 3.05) is 13.6 Å². The third-order valence-electron chi connectivity index (χ3n) is 3.90. The monoisotopic (exact) mass is 372 g/mol. The number of hydrogen-bond acceptors (Lipinski definition) is 3. The molecule has 1 amide bonds. The highest BCUT2D eigenvalue weighted by Crippen LogP contribution is 2.12. The van der Waals surface area contributed by atoms with Gasteiger partial charge in [-0.3, -0.25) is 4.79 Å². The quantitative estimate of drug-likeness (QED) is 0.724. The Kier molecular flexibility index (Phi) is 7.12. The Morgan fingerprint density at radius 1 is 1.08 bits per heavy atom. The molecule has 0 aliphatic rings. The van der Waals surface area contributed by atoms with Gasteiger partial charge in [0.1, 0.15) is 0 Å². The number of rotatable bonds is 8. The van der Waals surface area contributed by atoms with Crippen LogP contribution in [0.25, 0.3) is 6.08 Å². The molecule has 0 bridgehead atoms. The number of benzene rings is 2. The molecule has 0 saturated carbocycles. The van der Waals surface area contributed by atoms with Gasteiger partial charge >= 0.3 is 0 Å². The molecule has 0 fully saturated rings. The van der Waals surface area contributed by atoms with Crippen LogP contribution in [0.1, 0.15) is 24.5 Å². The van der Waals surface area contributed by atoms with Crippen molar-refractivity contribution in [3.8, 4) is 0 Å². The molecule has 2 aromatic rings. The molecule has 0 aliphatic heterocycles. The Morgan fingerprint density at radius 3 is 2.31 bits per heavy atom. The third-order valence-corrected chi connectivity index (χ3v) is 5.33. The van der Waals surface area contributed by atoms with Gasteiger partial charge in [-0.05, 0) is 42.8 Å². The van der Waals surface area contributed by atoms with Crippen molar-refractivity contribution in [2.45, 2.75) is 24.8 Å². The zero-order chi connectivity index (χ0) is 19.0. The predicted molar refractivity (Wildman–Crippen MR) is 104 cm³/mol. The Morgan fingerprint density at radius 2 is 1.73 bits per heavy atom. The molecule has 0 aromatic heterocycles. The van der Waals surface area contributed by atoms with Crippen molar-refractivity contribution in [1.29, 1.82) is 0 Å². The fraction of sp³-hybridized carbons (Fsp3) is 0.250. The van der Waals surface area contributed by atoms with Crippen LogP contribution >= 0.6 is 0 Å². The van der Waals surface area contributed by atoms with E-state index < -0.39 is 10.0 Å². The van der Waals surface area contributed by atoms with Gasteiger partial charge in [0.15, 0.2) is 0 Å². The highest BCUT2D eigenvalue weighted by Gasteiger charge is 2.11. The van der Waals surface area contributed by atoms with Gasteiger partial charge in [0.2, 0.25) is 15.9 Å². The van der Waals surface area contributed by atoms with Gasteiger partial charge in [-0.25, -0.2) is 13.1 Å². The minimum Gasteiger partial charge on any atom is -0.335 e. The fourth-order valence-electron chi connectivity index (χ4n) is 2.49. The number of nitrogens with zero attached hydrogens (tertiary/aromatic N) is 1. The maximum atomic E-state index is 12.5. The van der Waals surface area contributed by atoms with Crippen molar-refractivity contribution >= 4 is 22.0 Å². The van der Waals surface area contributed by atoms with Crippen LogP contribution < -0.4 is 4.72 Å². The van der Waals surface area contributed by atoms with Gasteiger partial charge < -0.3 is 4.90 Å². The first-order chi connectivity index (χ1) is 12.5. The van der Waals surface area contributed by atoms with Crippen LogP contribution in [0.15, 0.2) is 65.6 Å². The molecule has 0 atom stereocenters. The average Bonchev–Trinajstić information content (AvgIpc) is 2.67. The Labute approximate surface area is 155 Å². The van der Waals surface area contributed by atoms with Gasteiger partial charge in [-0.15, -0.1) is 0 Å². The molecule has 0 saturated heterocycles. The summed E-state index contributed by atoms with van der Waals surface area (Å²) in [6.45, 7) is 3.28. The maximum absolute atomic E-state index is 12.5. The normalized spacial score (nSPS) is 11.6. The molecule has 0 spiro atoms. The first-order valence-corrected chi connectivity index (χ1v) is 9.99. The number of amides is 1. The number of nitrogens with one attached hydrogen (secondary N) is 1. The maximum Gasteiger partial charge on any atom is 0.246 e.